The maximum atomic E-state index is 11.9. The summed E-state index contributed by atoms with van der Waals surface area (Å²) in [6.07, 6.45) is 2.15. The summed E-state index contributed by atoms with van der Waals surface area (Å²) in [5.74, 6) is 0.0351. The molecule has 1 fully saturated rings. The van der Waals surface area contributed by atoms with Gasteiger partial charge < -0.3 is 11.1 Å². The van der Waals surface area contributed by atoms with Crippen LogP contribution in [0.4, 0.5) is 5.69 Å². The molecule has 1 aromatic rings. The Balaban J connectivity index is 1.83. The second-order valence-electron chi connectivity index (χ2n) is 5.05. The molecule has 0 aliphatic carbocycles. The first-order valence-corrected chi connectivity index (χ1v) is 6.48. The predicted octanol–water partition coefficient (Wildman–Crippen LogP) is 1.36. The minimum absolute atomic E-state index is 0.0351. The van der Waals surface area contributed by atoms with Crippen LogP contribution < -0.4 is 11.1 Å². The van der Waals surface area contributed by atoms with Crippen molar-refractivity contribution < 1.29 is 4.79 Å². The number of nitrogens with one attached hydrogen (secondary N) is 1. The van der Waals surface area contributed by atoms with E-state index in [4.69, 9.17) is 5.73 Å². The number of nitrogens with two attached hydrogens (primary N) is 1. The lowest BCUT2D eigenvalue weighted by molar-refractivity contribution is -0.117. The van der Waals surface area contributed by atoms with Gasteiger partial charge >= 0.3 is 0 Å². The van der Waals surface area contributed by atoms with Gasteiger partial charge in [-0.2, -0.15) is 0 Å². The zero-order valence-electron chi connectivity index (χ0n) is 10.9. The highest BCUT2D eigenvalue weighted by Gasteiger charge is 2.18. The van der Waals surface area contributed by atoms with E-state index in [0.29, 0.717) is 6.54 Å². The minimum atomic E-state index is 0.0351. The van der Waals surface area contributed by atoms with Crippen LogP contribution >= 0.6 is 0 Å². The Morgan fingerprint density at radius 1 is 1.44 bits per heavy atom. The smallest absolute Gasteiger partial charge is 0.238 e. The van der Waals surface area contributed by atoms with Crippen molar-refractivity contribution in [1.29, 1.82) is 0 Å². The molecule has 0 radical (unpaired) electrons. The van der Waals surface area contributed by atoms with Crippen LogP contribution in [0, 0.1) is 6.92 Å². The van der Waals surface area contributed by atoms with E-state index >= 15 is 0 Å². The Morgan fingerprint density at radius 3 is 2.83 bits per heavy atom. The van der Waals surface area contributed by atoms with Gasteiger partial charge in [-0.15, -0.1) is 0 Å². The number of hydrogen-bond acceptors (Lipinski definition) is 3. The average molecular weight is 247 g/mol. The van der Waals surface area contributed by atoms with E-state index in [9.17, 15) is 4.79 Å². The number of likely N-dealkylation sites (tertiary alicyclic amines) is 1. The number of anilines is 1. The Labute approximate surface area is 108 Å². The van der Waals surface area contributed by atoms with Gasteiger partial charge in [0.2, 0.25) is 5.91 Å². The first kappa shape index (κ1) is 13.1. The van der Waals surface area contributed by atoms with Crippen molar-refractivity contribution in [1.82, 2.24) is 4.90 Å². The molecule has 18 heavy (non-hydrogen) atoms. The van der Waals surface area contributed by atoms with Crippen molar-refractivity contribution in [2.24, 2.45) is 5.73 Å². The summed E-state index contributed by atoms with van der Waals surface area (Å²) in [6.45, 7) is 4.25. The Kier molecular flexibility index (Phi) is 4.33. The van der Waals surface area contributed by atoms with Crippen LogP contribution in [0.5, 0.6) is 0 Å². The van der Waals surface area contributed by atoms with Gasteiger partial charge in [0.15, 0.2) is 0 Å². The van der Waals surface area contributed by atoms with Gasteiger partial charge in [-0.3, -0.25) is 9.69 Å². The Hall–Kier alpha value is -1.39. The third kappa shape index (κ3) is 3.82. The maximum Gasteiger partial charge on any atom is 0.238 e. The van der Waals surface area contributed by atoms with Gasteiger partial charge in [-0.05, 0) is 38.4 Å². The summed E-state index contributed by atoms with van der Waals surface area (Å²) in [5, 5.41) is 2.91. The highest BCUT2D eigenvalue weighted by Crippen LogP contribution is 2.10. The standard InChI is InChI=1S/C14H21N3O/c1-11-4-6-13(7-5-11)16-14(18)10-17-8-2-3-12(15)9-17/h4-7,12H,2-3,8-10,15H2,1H3,(H,16,18). The van der Waals surface area contributed by atoms with E-state index in [1.165, 1.54) is 5.56 Å². The third-order valence-corrected chi connectivity index (χ3v) is 3.24. The van der Waals surface area contributed by atoms with Crippen molar-refractivity contribution in [3.05, 3.63) is 29.8 Å². The van der Waals surface area contributed by atoms with Crippen LogP contribution in [0.15, 0.2) is 24.3 Å². The van der Waals surface area contributed by atoms with Crippen molar-refractivity contribution in [3.8, 4) is 0 Å². The van der Waals surface area contributed by atoms with Gasteiger partial charge in [-0.1, -0.05) is 17.7 Å². The molecule has 0 saturated carbocycles. The van der Waals surface area contributed by atoms with Gasteiger partial charge in [0.05, 0.1) is 6.54 Å². The largest absolute Gasteiger partial charge is 0.327 e. The molecule has 4 heteroatoms. The highest BCUT2D eigenvalue weighted by molar-refractivity contribution is 5.92. The summed E-state index contributed by atoms with van der Waals surface area (Å²) in [6, 6.07) is 8.05. The molecule has 1 heterocycles. The SMILES string of the molecule is Cc1ccc(NC(=O)CN2CCCC(N)C2)cc1. The van der Waals surface area contributed by atoms with E-state index in [1.54, 1.807) is 0 Å². The van der Waals surface area contributed by atoms with E-state index in [0.717, 1.165) is 31.6 Å². The van der Waals surface area contributed by atoms with Crippen molar-refractivity contribution in [3.63, 3.8) is 0 Å². The summed E-state index contributed by atoms with van der Waals surface area (Å²) in [4.78, 5) is 14.0. The van der Waals surface area contributed by atoms with E-state index < -0.39 is 0 Å². The van der Waals surface area contributed by atoms with E-state index in [2.05, 4.69) is 10.2 Å². The van der Waals surface area contributed by atoms with Crippen LogP contribution in [0.3, 0.4) is 0 Å². The van der Waals surface area contributed by atoms with Crippen LogP contribution in [-0.4, -0.2) is 36.5 Å². The van der Waals surface area contributed by atoms with Crippen LogP contribution in [-0.2, 0) is 4.79 Å². The zero-order valence-corrected chi connectivity index (χ0v) is 10.9. The topological polar surface area (TPSA) is 58.4 Å². The van der Waals surface area contributed by atoms with E-state index in [-0.39, 0.29) is 11.9 Å². The minimum Gasteiger partial charge on any atom is -0.327 e. The summed E-state index contributed by atoms with van der Waals surface area (Å²) in [5.41, 5.74) is 7.94. The van der Waals surface area contributed by atoms with Gasteiger partial charge in [0.1, 0.15) is 0 Å². The first-order valence-electron chi connectivity index (χ1n) is 6.48. The highest BCUT2D eigenvalue weighted by atomic mass is 16.2. The number of hydrogen-bond donors (Lipinski definition) is 2. The lowest BCUT2D eigenvalue weighted by atomic mass is 10.1. The molecule has 1 aliphatic heterocycles. The van der Waals surface area contributed by atoms with Gasteiger partial charge in [0.25, 0.3) is 0 Å². The number of carbonyl (C=O) groups is 1. The molecule has 0 bridgehead atoms. The molecule has 2 rings (SSSR count). The summed E-state index contributed by atoms with van der Waals surface area (Å²) < 4.78 is 0. The quantitative estimate of drug-likeness (QED) is 0.848. The zero-order chi connectivity index (χ0) is 13.0. The maximum absolute atomic E-state index is 11.9. The second-order valence-corrected chi connectivity index (χ2v) is 5.05. The molecule has 1 unspecified atom stereocenters. The normalized spacial score (nSPS) is 20.7. The van der Waals surface area contributed by atoms with Crippen LogP contribution in [0.1, 0.15) is 18.4 Å². The van der Waals surface area contributed by atoms with Crippen LogP contribution in [0.2, 0.25) is 0 Å². The van der Waals surface area contributed by atoms with Gasteiger partial charge in [0, 0.05) is 18.3 Å². The monoisotopic (exact) mass is 247 g/mol. The molecule has 1 saturated heterocycles. The lowest BCUT2D eigenvalue weighted by Crippen LogP contribution is -2.45. The molecule has 1 atom stereocenters. The fraction of sp³-hybridized carbons (Fsp3) is 0.500. The Morgan fingerprint density at radius 2 is 2.17 bits per heavy atom. The number of piperidine rings is 1. The molecule has 3 N–H and O–H groups in total. The number of rotatable bonds is 3. The number of benzene rings is 1. The van der Waals surface area contributed by atoms with Crippen LogP contribution in [0.25, 0.3) is 0 Å². The molecular weight excluding hydrogens is 226 g/mol. The number of carbonyl (C=O) groups excluding carboxylic acids is 1. The van der Waals surface area contributed by atoms with E-state index in [1.807, 2.05) is 31.2 Å². The molecule has 1 amide bonds. The Bertz CT molecular complexity index is 402. The third-order valence-electron chi connectivity index (χ3n) is 3.24. The number of aryl methyl sites for hydroxylation is 1. The number of amides is 1. The van der Waals surface area contributed by atoms with Crippen molar-refractivity contribution in [2.75, 3.05) is 25.0 Å². The first-order chi connectivity index (χ1) is 8.63. The average Bonchev–Trinajstić information content (AvgIpc) is 2.32. The van der Waals surface area contributed by atoms with Gasteiger partial charge in [-0.25, -0.2) is 0 Å². The molecule has 1 aromatic carbocycles. The van der Waals surface area contributed by atoms with Crippen molar-refractivity contribution >= 4 is 11.6 Å². The second kappa shape index (κ2) is 5.98. The fourth-order valence-electron chi connectivity index (χ4n) is 2.28. The molecular formula is C14H21N3O. The lowest BCUT2D eigenvalue weighted by Gasteiger charge is -2.29. The molecule has 1 aliphatic rings. The predicted molar refractivity (Wildman–Crippen MR) is 73.5 cm³/mol. The van der Waals surface area contributed by atoms with Crippen molar-refractivity contribution in [2.45, 2.75) is 25.8 Å². The molecule has 0 spiro atoms. The summed E-state index contributed by atoms with van der Waals surface area (Å²) in [7, 11) is 0. The molecule has 0 aromatic heterocycles. The number of nitrogens with zero attached hydrogens (tertiary/aromatic N) is 1. The fourth-order valence-corrected chi connectivity index (χ4v) is 2.28. The summed E-state index contributed by atoms with van der Waals surface area (Å²) >= 11 is 0. The molecule has 4 nitrogen and oxygen atoms in total. The molecule has 98 valence electrons.